The van der Waals surface area contributed by atoms with E-state index >= 15 is 0 Å². The summed E-state index contributed by atoms with van der Waals surface area (Å²) in [5, 5.41) is 13.9. The Kier molecular flexibility index (Phi) is 4.88. The van der Waals surface area contributed by atoms with Crippen molar-refractivity contribution in [3.05, 3.63) is 75.3 Å². The van der Waals surface area contributed by atoms with Gasteiger partial charge in [-0.05, 0) is 25.0 Å². The molecule has 1 N–H and O–H groups in total. The third-order valence-electron chi connectivity index (χ3n) is 3.54. The number of nitro groups is 1. The Hall–Kier alpha value is -2.69. The van der Waals surface area contributed by atoms with Crippen LogP contribution < -0.4 is 5.32 Å². The number of hydrogen-bond donors (Lipinski definition) is 1. The molecule has 2 aromatic rings. The van der Waals surface area contributed by atoms with Gasteiger partial charge in [-0.15, -0.1) is 0 Å². The molecular weight excluding hydrogens is 280 g/mol. The molecule has 22 heavy (non-hydrogen) atoms. The Labute approximate surface area is 129 Å². The van der Waals surface area contributed by atoms with E-state index in [-0.39, 0.29) is 17.3 Å². The van der Waals surface area contributed by atoms with Crippen LogP contribution in [0, 0.1) is 17.0 Å². The minimum atomic E-state index is -0.540. The van der Waals surface area contributed by atoms with E-state index in [0.29, 0.717) is 6.42 Å². The second-order valence-electron chi connectivity index (χ2n) is 5.12. The maximum absolute atomic E-state index is 12.4. The van der Waals surface area contributed by atoms with Crippen LogP contribution in [-0.2, 0) is 0 Å². The monoisotopic (exact) mass is 298 g/mol. The highest BCUT2D eigenvalue weighted by Gasteiger charge is 2.21. The Morgan fingerprint density at radius 3 is 2.41 bits per heavy atom. The number of aryl methyl sites for hydroxylation is 1. The standard InChI is InChI=1S/C17H18N2O3/c1-3-15(13-10-8-12(2)9-11-13)18-17(20)14-6-4-5-7-16(14)19(21)22/h4-11,15H,3H2,1-2H3,(H,18,20). The zero-order valence-corrected chi connectivity index (χ0v) is 12.6. The van der Waals surface area contributed by atoms with Crippen LogP contribution in [0.15, 0.2) is 48.5 Å². The lowest BCUT2D eigenvalue weighted by Crippen LogP contribution is -2.28. The zero-order valence-electron chi connectivity index (χ0n) is 12.6. The first kappa shape index (κ1) is 15.7. The molecule has 0 spiro atoms. The minimum Gasteiger partial charge on any atom is -0.345 e. The van der Waals surface area contributed by atoms with Gasteiger partial charge in [0.15, 0.2) is 0 Å². The molecule has 0 fully saturated rings. The fraction of sp³-hybridized carbons (Fsp3) is 0.235. The van der Waals surface area contributed by atoms with Crippen molar-refractivity contribution in [3.63, 3.8) is 0 Å². The van der Waals surface area contributed by atoms with E-state index in [2.05, 4.69) is 5.32 Å². The molecule has 1 unspecified atom stereocenters. The lowest BCUT2D eigenvalue weighted by Gasteiger charge is -2.17. The Morgan fingerprint density at radius 2 is 1.82 bits per heavy atom. The normalized spacial score (nSPS) is 11.7. The molecule has 1 atom stereocenters. The van der Waals surface area contributed by atoms with Crippen LogP contribution in [0.1, 0.15) is 40.9 Å². The average molecular weight is 298 g/mol. The van der Waals surface area contributed by atoms with Crippen molar-refractivity contribution >= 4 is 11.6 Å². The van der Waals surface area contributed by atoms with Crippen molar-refractivity contribution in [2.24, 2.45) is 0 Å². The van der Waals surface area contributed by atoms with Crippen LogP contribution in [0.2, 0.25) is 0 Å². The largest absolute Gasteiger partial charge is 0.345 e. The lowest BCUT2D eigenvalue weighted by molar-refractivity contribution is -0.385. The first-order chi connectivity index (χ1) is 10.5. The molecule has 2 rings (SSSR count). The molecule has 2 aromatic carbocycles. The lowest BCUT2D eigenvalue weighted by atomic mass is 10.0. The number of nitro benzene ring substituents is 1. The van der Waals surface area contributed by atoms with Crippen LogP contribution in [0.25, 0.3) is 0 Å². The van der Waals surface area contributed by atoms with Gasteiger partial charge in [-0.3, -0.25) is 14.9 Å². The summed E-state index contributed by atoms with van der Waals surface area (Å²) in [7, 11) is 0. The quantitative estimate of drug-likeness (QED) is 0.674. The fourth-order valence-corrected chi connectivity index (χ4v) is 2.28. The predicted molar refractivity (Wildman–Crippen MR) is 84.8 cm³/mol. The van der Waals surface area contributed by atoms with E-state index < -0.39 is 10.8 Å². The van der Waals surface area contributed by atoms with Gasteiger partial charge in [0.25, 0.3) is 11.6 Å². The second kappa shape index (κ2) is 6.85. The maximum Gasteiger partial charge on any atom is 0.282 e. The maximum atomic E-state index is 12.4. The third kappa shape index (κ3) is 3.49. The van der Waals surface area contributed by atoms with E-state index in [1.807, 2.05) is 38.1 Å². The van der Waals surface area contributed by atoms with E-state index in [0.717, 1.165) is 11.1 Å². The highest BCUT2D eigenvalue weighted by atomic mass is 16.6. The molecule has 0 saturated carbocycles. The fourth-order valence-electron chi connectivity index (χ4n) is 2.28. The third-order valence-corrected chi connectivity index (χ3v) is 3.54. The Balaban J connectivity index is 2.23. The second-order valence-corrected chi connectivity index (χ2v) is 5.12. The SMILES string of the molecule is CCC(NC(=O)c1ccccc1[N+](=O)[O-])c1ccc(C)cc1. The van der Waals surface area contributed by atoms with E-state index in [1.165, 1.54) is 12.1 Å². The summed E-state index contributed by atoms with van der Waals surface area (Å²) >= 11 is 0. The summed E-state index contributed by atoms with van der Waals surface area (Å²) in [4.78, 5) is 22.8. The van der Waals surface area contributed by atoms with Gasteiger partial charge in [0, 0.05) is 6.07 Å². The van der Waals surface area contributed by atoms with Crippen LogP contribution in [0.5, 0.6) is 0 Å². The summed E-state index contributed by atoms with van der Waals surface area (Å²) in [5.41, 5.74) is 2.03. The number of carbonyl (C=O) groups is 1. The summed E-state index contributed by atoms with van der Waals surface area (Å²) in [5.74, 6) is -0.431. The molecule has 0 radical (unpaired) electrons. The average Bonchev–Trinajstić information content (AvgIpc) is 2.53. The Bertz CT molecular complexity index is 681. The number of hydrogen-bond acceptors (Lipinski definition) is 3. The van der Waals surface area contributed by atoms with E-state index in [4.69, 9.17) is 0 Å². The van der Waals surface area contributed by atoms with Crippen molar-refractivity contribution in [2.75, 3.05) is 0 Å². The summed E-state index contributed by atoms with van der Waals surface area (Å²) in [6.45, 7) is 3.96. The van der Waals surface area contributed by atoms with Crippen LogP contribution in [0.4, 0.5) is 5.69 Å². The number of para-hydroxylation sites is 1. The molecule has 0 heterocycles. The van der Waals surface area contributed by atoms with Gasteiger partial charge in [-0.25, -0.2) is 0 Å². The van der Waals surface area contributed by atoms with Crippen molar-refractivity contribution in [1.82, 2.24) is 5.32 Å². The molecule has 0 aliphatic carbocycles. The number of nitrogens with one attached hydrogen (secondary N) is 1. The van der Waals surface area contributed by atoms with E-state index in [1.54, 1.807) is 12.1 Å². The number of nitrogens with zero attached hydrogens (tertiary/aromatic N) is 1. The van der Waals surface area contributed by atoms with Crippen LogP contribution in [-0.4, -0.2) is 10.8 Å². The van der Waals surface area contributed by atoms with Gasteiger partial charge >= 0.3 is 0 Å². The molecule has 0 saturated heterocycles. The van der Waals surface area contributed by atoms with Crippen molar-refractivity contribution in [2.45, 2.75) is 26.3 Å². The van der Waals surface area contributed by atoms with Crippen molar-refractivity contribution in [1.29, 1.82) is 0 Å². The van der Waals surface area contributed by atoms with Gasteiger partial charge in [0.05, 0.1) is 11.0 Å². The number of rotatable bonds is 5. The minimum absolute atomic E-state index is 0.0815. The molecule has 0 aliphatic rings. The number of amides is 1. The highest BCUT2D eigenvalue weighted by molar-refractivity contribution is 5.98. The smallest absolute Gasteiger partial charge is 0.282 e. The van der Waals surface area contributed by atoms with Crippen molar-refractivity contribution < 1.29 is 9.72 Å². The van der Waals surface area contributed by atoms with Gasteiger partial charge in [0.1, 0.15) is 5.56 Å². The number of benzene rings is 2. The molecule has 0 aliphatic heterocycles. The number of carbonyl (C=O) groups excluding carboxylic acids is 1. The molecule has 0 bridgehead atoms. The van der Waals surface area contributed by atoms with E-state index in [9.17, 15) is 14.9 Å². The molecule has 1 amide bonds. The first-order valence-corrected chi connectivity index (χ1v) is 7.13. The topological polar surface area (TPSA) is 72.2 Å². The molecule has 5 heteroatoms. The van der Waals surface area contributed by atoms with Gasteiger partial charge in [0.2, 0.25) is 0 Å². The van der Waals surface area contributed by atoms with Gasteiger partial charge in [-0.2, -0.15) is 0 Å². The molecular formula is C17H18N2O3. The van der Waals surface area contributed by atoms with Crippen LogP contribution in [0.3, 0.4) is 0 Å². The summed E-state index contributed by atoms with van der Waals surface area (Å²) in [6, 6.07) is 13.7. The first-order valence-electron chi connectivity index (χ1n) is 7.13. The van der Waals surface area contributed by atoms with Gasteiger partial charge in [-0.1, -0.05) is 48.9 Å². The Morgan fingerprint density at radius 1 is 1.18 bits per heavy atom. The zero-order chi connectivity index (χ0) is 16.1. The summed E-state index contributed by atoms with van der Waals surface area (Å²) in [6.07, 6.45) is 0.704. The van der Waals surface area contributed by atoms with Crippen LogP contribution >= 0.6 is 0 Å². The molecule has 0 aromatic heterocycles. The molecule has 114 valence electrons. The van der Waals surface area contributed by atoms with Gasteiger partial charge < -0.3 is 5.32 Å². The summed E-state index contributed by atoms with van der Waals surface area (Å²) < 4.78 is 0. The van der Waals surface area contributed by atoms with Crippen molar-refractivity contribution in [3.8, 4) is 0 Å². The predicted octanol–water partition coefficient (Wildman–Crippen LogP) is 3.78. The molecule has 5 nitrogen and oxygen atoms in total. The highest BCUT2D eigenvalue weighted by Crippen LogP contribution is 2.21.